The van der Waals surface area contributed by atoms with Gasteiger partial charge in [0.2, 0.25) is 0 Å². The summed E-state index contributed by atoms with van der Waals surface area (Å²) in [4.78, 5) is 21.8. The van der Waals surface area contributed by atoms with Gasteiger partial charge in [-0.2, -0.15) is 0 Å². The Balaban J connectivity index is 1.50. The van der Waals surface area contributed by atoms with E-state index in [4.69, 9.17) is 18.9 Å². The Kier molecular flexibility index (Phi) is 5.70. The number of fused-ring (bicyclic) bond motifs is 2. The number of nitrogens with zero attached hydrogens (tertiary/aromatic N) is 2. The van der Waals surface area contributed by atoms with E-state index in [1.807, 2.05) is 13.8 Å². The molecule has 0 aliphatic carbocycles. The van der Waals surface area contributed by atoms with Gasteiger partial charge in [0, 0.05) is 40.8 Å². The van der Waals surface area contributed by atoms with E-state index in [0.717, 1.165) is 5.69 Å². The van der Waals surface area contributed by atoms with E-state index in [1.54, 1.807) is 47.5 Å². The van der Waals surface area contributed by atoms with Gasteiger partial charge in [-0.3, -0.25) is 4.98 Å². The largest absolute Gasteiger partial charge is 0.493 e. The molecule has 1 N–H and O–H groups in total. The number of amides is 1. The van der Waals surface area contributed by atoms with Crippen LogP contribution in [0, 0.1) is 12.7 Å². The molecule has 9 heteroatoms. The Hall–Kier alpha value is -3.85. The van der Waals surface area contributed by atoms with Crippen LogP contribution in [0.2, 0.25) is 0 Å². The molecule has 1 fully saturated rings. The second-order valence-electron chi connectivity index (χ2n) is 8.22. The quantitative estimate of drug-likeness (QED) is 0.447. The van der Waals surface area contributed by atoms with Gasteiger partial charge in [0.1, 0.15) is 5.75 Å². The van der Waals surface area contributed by atoms with Crippen LogP contribution in [0.5, 0.6) is 23.0 Å². The summed E-state index contributed by atoms with van der Waals surface area (Å²) < 4.78 is 37.7. The van der Waals surface area contributed by atoms with Gasteiger partial charge in [-0.05, 0) is 44.2 Å². The zero-order valence-corrected chi connectivity index (χ0v) is 19.1. The molecule has 2 aromatic heterocycles. The molecule has 1 unspecified atom stereocenters. The van der Waals surface area contributed by atoms with Crippen molar-refractivity contribution in [1.29, 1.82) is 0 Å². The average Bonchev–Trinajstić information content (AvgIpc) is 3.22. The lowest BCUT2D eigenvalue weighted by Gasteiger charge is -2.30. The molecule has 0 bridgehead atoms. The molecule has 8 nitrogen and oxygen atoms in total. The maximum Gasteiger partial charge on any atom is 0.415 e. The van der Waals surface area contributed by atoms with Gasteiger partial charge < -0.3 is 28.8 Å². The number of nitrogens with one attached hydrogen (secondary N) is 1. The molecule has 1 amide bonds. The van der Waals surface area contributed by atoms with Crippen LogP contribution >= 0.6 is 0 Å². The number of hydrogen-bond acceptors (Lipinski definition) is 6. The molecule has 4 aromatic rings. The summed E-state index contributed by atoms with van der Waals surface area (Å²) in [5.74, 6) is 0.552. The smallest absolute Gasteiger partial charge is 0.415 e. The van der Waals surface area contributed by atoms with Gasteiger partial charge in [0.15, 0.2) is 23.1 Å². The summed E-state index contributed by atoms with van der Waals surface area (Å²) in [7, 11) is 1.49. The normalized spacial score (nSPS) is 16.1. The summed E-state index contributed by atoms with van der Waals surface area (Å²) in [6.45, 7) is 5.09. The van der Waals surface area contributed by atoms with Crippen LogP contribution in [-0.4, -0.2) is 53.9 Å². The maximum atomic E-state index is 15.1. The zero-order chi connectivity index (χ0) is 23.8. The van der Waals surface area contributed by atoms with E-state index in [1.165, 1.54) is 7.11 Å². The molecule has 1 aliphatic rings. The molecular weight excluding hydrogens is 441 g/mol. The highest BCUT2D eigenvalue weighted by molar-refractivity contribution is 5.89. The molecule has 5 rings (SSSR count). The third-order valence-corrected chi connectivity index (χ3v) is 5.74. The van der Waals surface area contributed by atoms with Crippen LogP contribution < -0.4 is 14.2 Å². The molecule has 2 aromatic carbocycles. The molecular formula is C25H24FN3O5. The van der Waals surface area contributed by atoms with Crippen molar-refractivity contribution in [3.05, 3.63) is 54.1 Å². The number of carbonyl (C=O) groups excluding carboxylic acids is 1. The number of methoxy groups -OCH3 is 1. The monoisotopic (exact) mass is 465 g/mol. The van der Waals surface area contributed by atoms with Crippen LogP contribution in [0.25, 0.3) is 21.8 Å². The summed E-state index contributed by atoms with van der Waals surface area (Å²) in [5, 5.41) is 0.996. The number of rotatable bonds is 4. The number of benzene rings is 2. The number of halogens is 1. The number of carbonyl (C=O) groups is 1. The Morgan fingerprint density at radius 1 is 1.15 bits per heavy atom. The van der Waals surface area contributed by atoms with Crippen LogP contribution in [0.15, 0.2) is 42.6 Å². The highest BCUT2D eigenvalue weighted by atomic mass is 19.1. The number of aromatic nitrogens is 2. The lowest BCUT2D eigenvalue weighted by molar-refractivity contribution is -0.0106. The number of H-pyrrole nitrogens is 1. The minimum Gasteiger partial charge on any atom is -0.493 e. The Morgan fingerprint density at radius 3 is 2.79 bits per heavy atom. The predicted molar refractivity (Wildman–Crippen MR) is 124 cm³/mol. The molecule has 0 spiro atoms. The molecule has 1 saturated heterocycles. The van der Waals surface area contributed by atoms with Gasteiger partial charge in [-0.25, -0.2) is 9.18 Å². The summed E-state index contributed by atoms with van der Waals surface area (Å²) in [6.07, 6.45) is 0.993. The minimum absolute atomic E-state index is 0.0694. The van der Waals surface area contributed by atoms with Gasteiger partial charge in [-0.1, -0.05) is 0 Å². The Bertz CT molecular complexity index is 1390. The van der Waals surface area contributed by atoms with E-state index in [9.17, 15) is 4.79 Å². The van der Waals surface area contributed by atoms with Crippen molar-refractivity contribution >= 4 is 27.9 Å². The van der Waals surface area contributed by atoms with Crippen molar-refractivity contribution in [2.75, 3.05) is 26.8 Å². The number of pyridine rings is 1. The lowest BCUT2D eigenvalue weighted by Crippen LogP contribution is -2.45. The Labute approximate surface area is 195 Å². The summed E-state index contributed by atoms with van der Waals surface area (Å²) >= 11 is 0. The Morgan fingerprint density at radius 2 is 2.00 bits per heavy atom. The van der Waals surface area contributed by atoms with Crippen molar-refractivity contribution in [3.63, 3.8) is 0 Å². The number of morpholine rings is 1. The number of ether oxygens (including phenoxy) is 4. The summed E-state index contributed by atoms with van der Waals surface area (Å²) in [6, 6.07) is 9.98. The number of aryl methyl sites for hydroxylation is 1. The van der Waals surface area contributed by atoms with E-state index < -0.39 is 11.9 Å². The first kappa shape index (κ1) is 22.0. The zero-order valence-electron chi connectivity index (χ0n) is 19.1. The van der Waals surface area contributed by atoms with E-state index in [2.05, 4.69) is 9.97 Å². The number of aromatic amines is 1. The molecule has 1 aliphatic heterocycles. The fraction of sp³-hybridized carbons (Fsp3) is 0.280. The van der Waals surface area contributed by atoms with Crippen molar-refractivity contribution in [1.82, 2.24) is 14.9 Å². The second kappa shape index (κ2) is 8.83. The van der Waals surface area contributed by atoms with E-state index in [0.29, 0.717) is 53.0 Å². The first-order chi connectivity index (χ1) is 16.4. The van der Waals surface area contributed by atoms with E-state index >= 15 is 4.39 Å². The molecule has 0 saturated carbocycles. The van der Waals surface area contributed by atoms with Crippen molar-refractivity contribution < 1.29 is 28.1 Å². The van der Waals surface area contributed by atoms with E-state index in [-0.39, 0.29) is 17.6 Å². The summed E-state index contributed by atoms with van der Waals surface area (Å²) in [5.41, 5.74) is 2.10. The fourth-order valence-corrected chi connectivity index (χ4v) is 4.08. The highest BCUT2D eigenvalue weighted by Gasteiger charge is 2.24. The third-order valence-electron chi connectivity index (χ3n) is 5.74. The first-order valence-corrected chi connectivity index (χ1v) is 10.9. The molecule has 3 heterocycles. The van der Waals surface area contributed by atoms with Crippen LogP contribution in [0.3, 0.4) is 0 Å². The first-order valence-electron chi connectivity index (χ1n) is 10.9. The number of hydrogen-bond donors (Lipinski definition) is 1. The molecule has 176 valence electrons. The standard InChI is InChI=1S/C25H24FN3O5/c1-14-10-17-18(28-14)4-5-21(24(17)26)33-20-6-7-27-19-12-22(31-3)23(11-16(19)20)34-25(30)29-8-9-32-15(2)13-29/h4-7,10-12,15,28H,8-9,13H2,1-3H3. The maximum absolute atomic E-state index is 15.1. The average molecular weight is 465 g/mol. The minimum atomic E-state index is -0.501. The van der Waals surface area contributed by atoms with Crippen molar-refractivity contribution in [2.24, 2.45) is 0 Å². The van der Waals surface area contributed by atoms with Crippen molar-refractivity contribution in [2.45, 2.75) is 20.0 Å². The van der Waals surface area contributed by atoms with Gasteiger partial charge >= 0.3 is 6.09 Å². The highest BCUT2D eigenvalue weighted by Crippen LogP contribution is 2.38. The topological polar surface area (TPSA) is 85.9 Å². The van der Waals surface area contributed by atoms with Crippen LogP contribution in [-0.2, 0) is 4.74 Å². The third kappa shape index (κ3) is 4.10. The molecule has 34 heavy (non-hydrogen) atoms. The molecule has 0 radical (unpaired) electrons. The predicted octanol–water partition coefficient (Wildman–Crippen LogP) is 5.18. The van der Waals surface area contributed by atoms with Gasteiger partial charge in [-0.15, -0.1) is 0 Å². The lowest BCUT2D eigenvalue weighted by atomic mass is 10.1. The van der Waals surface area contributed by atoms with Gasteiger partial charge in [0.05, 0.1) is 31.9 Å². The molecule has 1 atom stereocenters. The SMILES string of the molecule is COc1cc2nccc(Oc3ccc4[nH]c(C)cc4c3F)c2cc1OC(=O)N1CCOC(C)C1. The van der Waals surface area contributed by atoms with Gasteiger partial charge in [0.25, 0.3) is 0 Å². The second-order valence-corrected chi connectivity index (χ2v) is 8.22. The fourth-order valence-electron chi connectivity index (χ4n) is 4.08. The van der Waals surface area contributed by atoms with Crippen LogP contribution in [0.4, 0.5) is 9.18 Å². The van der Waals surface area contributed by atoms with Crippen LogP contribution in [0.1, 0.15) is 12.6 Å². The van der Waals surface area contributed by atoms with Crippen molar-refractivity contribution in [3.8, 4) is 23.0 Å².